The molecule has 0 fully saturated rings. The Morgan fingerprint density at radius 2 is 2.07 bits per heavy atom. The molecule has 2 aromatic rings. The van der Waals surface area contributed by atoms with Gasteiger partial charge in [-0.3, -0.25) is 4.98 Å². The van der Waals surface area contributed by atoms with Gasteiger partial charge in [0.25, 0.3) is 0 Å². The molecule has 0 saturated heterocycles. The first kappa shape index (κ1) is 9.63. The zero-order chi connectivity index (χ0) is 10.7. The smallest absolute Gasteiger partial charge is 0.129 e. The van der Waals surface area contributed by atoms with Crippen molar-refractivity contribution in [2.24, 2.45) is 0 Å². The molecule has 2 rings (SSSR count). The number of hydrogen-bond acceptors (Lipinski definition) is 3. The number of hydrogen-bond donors (Lipinski definition) is 0. The molecule has 3 nitrogen and oxygen atoms in total. The van der Waals surface area contributed by atoms with E-state index in [1.54, 1.807) is 30.5 Å². The lowest BCUT2D eigenvalue weighted by Gasteiger charge is -2.01. The Bertz CT molecular complexity index is 517. The Balaban J connectivity index is 2.62. The lowest BCUT2D eigenvalue weighted by Crippen LogP contribution is -1.91. The van der Waals surface area contributed by atoms with Crippen molar-refractivity contribution in [3.63, 3.8) is 0 Å². The second-order valence-corrected chi connectivity index (χ2v) is 3.24. The van der Waals surface area contributed by atoms with Crippen LogP contribution in [0.15, 0.2) is 36.5 Å². The van der Waals surface area contributed by atoms with Crippen molar-refractivity contribution in [2.75, 3.05) is 0 Å². The van der Waals surface area contributed by atoms with E-state index in [2.05, 4.69) is 16.0 Å². The number of rotatable bonds is 1. The van der Waals surface area contributed by atoms with E-state index in [0.717, 1.165) is 0 Å². The van der Waals surface area contributed by atoms with Crippen LogP contribution in [0.25, 0.3) is 11.4 Å². The monoisotopic (exact) mass is 215 g/mol. The first-order chi connectivity index (χ1) is 7.31. The molecule has 0 amide bonds. The summed E-state index contributed by atoms with van der Waals surface area (Å²) in [6.07, 6.45) is 1.65. The molecule has 0 aliphatic carbocycles. The van der Waals surface area contributed by atoms with Crippen molar-refractivity contribution < 1.29 is 0 Å². The topological polar surface area (TPSA) is 49.6 Å². The number of nitriles is 1. The van der Waals surface area contributed by atoms with E-state index in [4.69, 9.17) is 16.9 Å². The van der Waals surface area contributed by atoms with Crippen molar-refractivity contribution in [1.82, 2.24) is 9.97 Å². The predicted molar refractivity (Wildman–Crippen MR) is 57.2 cm³/mol. The summed E-state index contributed by atoms with van der Waals surface area (Å²) in [6.45, 7) is 0. The van der Waals surface area contributed by atoms with E-state index in [9.17, 15) is 0 Å². The molecule has 0 bridgehead atoms. The number of halogens is 1. The van der Waals surface area contributed by atoms with Crippen LogP contribution >= 0.6 is 11.6 Å². The lowest BCUT2D eigenvalue weighted by molar-refractivity contribution is 1.23. The van der Waals surface area contributed by atoms with Crippen molar-refractivity contribution in [3.05, 3.63) is 47.2 Å². The number of nitrogens with zero attached hydrogens (tertiary/aromatic N) is 3. The van der Waals surface area contributed by atoms with E-state index in [1.165, 1.54) is 0 Å². The summed E-state index contributed by atoms with van der Waals surface area (Å²) in [6, 6.07) is 10.7. The van der Waals surface area contributed by atoms with Crippen LogP contribution < -0.4 is 0 Å². The third kappa shape index (κ3) is 1.95. The Kier molecular flexibility index (Phi) is 2.61. The molecule has 0 atom stereocenters. The zero-order valence-corrected chi connectivity index (χ0v) is 8.44. The highest BCUT2D eigenvalue weighted by atomic mass is 35.5. The van der Waals surface area contributed by atoms with E-state index >= 15 is 0 Å². The normalized spacial score (nSPS) is 9.60. The molecule has 15 heavy (non-hydrogen) atoms. The summed E-state index contributed by atoms with van der Waals surface area (Å²) in [5, 5.41) is 9.27. The Morgan fingerprint density at radius 3 is 2.73 bits per heavy atom. The summed E-state index contributed by atoms with van der Waals surface area (Å²) in [5.41, 5.74) is 1.64. The lowest BCUT2D eigenvalue weighted by atomic mass is 10.1. The summed E-state index contributed by atoms with van der Waals surface area (Å²) in [4.78, 5) is 8.22. The highest BCUT2D eigenvalue weighted by Gasteiger charge is 2.07. The maximum absolute atomic E-state index is 8.91. The fourth-order valence-electron chi connectivity index (χ4n) is 1.22. The van der Waals surface area contributed by atoms with Gasteiger partial charge in [-0.2, -0.15) is 5.26 Å². The van der Waals surface area contributed by atoms with Crippen LogP contribution in [0.5, 0.6) is 0 Å². The molecule has 2 aromatic heterocycles. The molecule has 0 aromatic carbocycles. The minimum Gasteiger partial charge on any atom is -0.255 e. The SMILES string of the molecule is N#Cc1ccc(Cl)nc1-c1ccccn1. The average Bonchev–Trinajstić information content (AvgIpc) is 2.30. The third-order valence-electron chi connectivity index (χ3n) is 1.89. The fraction of sp³-hybridized carbons (Fsp3) is 0. The van der Waals surface area contributed by atoms with Gasteiger partial charge in [-0.1, -0.05) is 17.7 Å². The quantitative estimate of drug-likeness (QED) is 0.688. The summed E-state index contributed by atoms with van der Waals surface area (Å²) in [5.74, 6) is 0. The maximum atomic E-state index is 8.91. The van der Waals surface area contributed by atoms with Gasteiger partial charge in [0.2, 0.25) is 0 Å². The highest BCUT2D eigenvalue weighted by Crippen LogP contribution is 2.20. The molecule has 0 radical (unpaired) electrons. The van der Waals surface area contributed by atoms with Crippen LogP contribution in [-0.2, 0) is 0 Å². The summed E-state index contributed by atoms with van der Waals surface area (Å²) in [7, 11) is 0. The highest BCUT2D eigenvalue weighted by molar-refractivity contribution is 6.29. The van der Waals surface area contributed by atoms with Crippen molar-refractivity contribution >= 4 is 11.6 Å². The van der Waals surface area contributed by atoms with Gasteiger partial charge in [0.1, 0.15) is 16.9 Å². The van der Waals surface area contributed by atoms with Crippen LogP contribution in [0.2, 0.25) is 5.15 Å². The maximum Gasteiger partial charge on any atom is 0.129 e. The standard InChI is InChI=1S/C11H6ClN3/c12-10-5-4-8(7-13)11(15-10)9-3-1-2-6-14-9/h1-6H. The summed E-state index contributed by atoms with van der Waals surface area (Å²) >= 11 is 5.78. The van der Waals surface area contributed by atoms with Crippen molar-refractivity contribution in [2.45, 2.75) is 0 Å². The molecule has 0 N–H and O–H groups in total. The molecule has 0 saturated carbocycles. The van der Waals surface area contributed by atoms with Crippen LogP contribution in [0.3, 0.4) is 0 Å². The van der Waals surface area contributed by atoms with Crippen LogP contribution in [-0.4, -0.2) is 9.97 Å². The Labute approximate surface area is 92.0 Å². The molecular weight excluding hydrogens is 210 g/mol. The first-order valence-corrected chi connectivity index (χ1v) is 4.67. The zero-order valence-electron chi connectivity index (χ0n) is 7.68. The largest absolute Gasteiger partial charge is 0.255 e. The second-order valence-electron chi connectivity index (χ2n) is 2.86. The Morgan fingerprint density at radius 1 is 1.20 bits per heavy atom. The van der Waals surface area contributed by atoms with E-state index in [0.29, 0.717) is 22.1 Å². The molecule has 72 valence electrons. The van der Waals surface area contributed by atoms with E-state index in [1.807, 2.05) is 6.07 Å². The second kappa shape index (κ2) is 4.07. The fourth-order valence-corrected chi connectivity index (χ4v) is 1.37. The van der Waals surface area contributed by atoms with Gasteiger partial charge in [0.05, 0.1) is 11.3 Å². The number of pyridine rings is 2. The van der Waals surface area contributed by atoms with Gasteiger partial charge >= 0.3 is 0 Å². The van der Waals surface area contributed by atoms with Gasteiger partial charge in [-0.15, -0.1) is 0 Å². The van der Waals surface area contributed by atoms with Crippen LogP contribution in [0.1, 0.15) is 5.56 Å². The van der Waals surface area contributed by atoms with Crippen LogP contribution in [0, 0.1) is 11.3 Å². The molecule has 4 heteroatoms. The molecule has 2 heterocycles. The molecular formula is C11H6ClN3. The van der Waals surface area contributed by atoms with Gasteiger partial charge in [-0.05, 0) is 24.3 Å². The number of aromatic nitrogens is 2. The van der Waals surface area contributed by atoms with Crippen molar-refractivity contribution in [1.29, 1.82) is 5.26 Å². The third-order valence-corrected chi connectivity index (χ3v) is 2.10. The van der Waals surface area contributed by atoms with Crippen LogP contribution in [0.4, 0.5) is 0 Å². The van der Waals surface area contributed by atoms with Gasteiger partial charge in [0.15, 0.2) is 0 Å². The molecule has 0 aliphatic heterocycles. The first-order valence-electron chi connectivity index (χ1n) is 4.29. The summed E-state index contributed by atoms with van der Waals surface area (Å²) < 4.78 is 0. The molecule has 0 spiro atoms. The van der Waals surface area contributed by atoms with Gasteiger partial charge in [-0.25, -0.2) is 4.98 Å². The minimum atomic E-state index is 0.356. The predicted octanol–water partition coefficient (Wildman–Crippen LogP) is 2.67. The molecule has 0 aliphatic rings. The van der Waals surface area contributed by atoms with E-state index in [-0.39, 0.29) is 0 Å². The van der Waals surface area contributed by atoms with Gasteiger partial charge in [0, 0.05) is 6.20 Å². The van der Waals surface area contributed by atoms with E-state index < -0.39 is 0 Å². The van der Waals surface area contributed by atoms with Crippen molar-refractivity contribution in [3.8, 4) is 17.5 Å². The minimum absolute atomic E-state index is 0.356. The van der Waals surface area contributed by atoms with Gasteiger partial charge < -0.3 is 0 Å². The Hall–Kier alpha value is -1.92. The molecule has 0 unspecified atom stereocenters. The average molecular weight is 216 g/mol.